The van der Waals surface area contributed by atoms with Gasteiger partial charge in [0.15, 0.2) is 0 Å². The molecule has 1 atom stereocenters. The molecule has 0 spiro atoms. The van der Waals surface area contributed by atoms with Crippen LogP contribution in [0.1, 0.15) is 37.2 Å². The number of hydrogen-bond donors (Lipinski definition) is 3. The van der Waals surface area contributed by atoms with Crippen molar-refractivity contribution in [3.05, 3.63) is 153 Å². The molecule has 4 aromatic carbocycles. The van der Waals surface area contributed by atoms with E-state index in [1.165, 1.54) is 23.1 Å². The molecular formula is C36H31N3O3S2. The molecule has 8 heteroatoms. The first-order valence-electron chi connectivity index (χ1n) is 14.0. The van der Waals surface area contributed by atoms with Gasteiger partial charge in [-0.3, -0.25) is 14.4 Å². The fourth-order valence-corrected chi connectivity index (χ4v) is 6.34. The van der Waals surface area contributed by atoms with E-state index in [2.05, 4.69) is 22.0 Å². The molecule has 0 aliphatic heterocycles. The van der Waals surface area contributed by atoms with Crippen molar-refractivity contribution in [2.24, 2.45) is 0 Å². The van der Waals surface area contributed by atoms with Gasteiger partial charge in [-0.25, -0.2) is 0 Å². The summed E-state index contributed by atoms with van der Waals surface area (Å²) < 4.78 is 0. The predicted molar refractivity (Wildman–Crippen MR) is 181 cm³/mol. The number of anilines is 2. The zero-order valence-corrected chi connectivity index (χ0v) is 25.9. The minimum Gasteiger partial charge on any atom is -0.325 e. The van der Waals surface area contributed by atoms with Gasteiger partial charge in [-0.15, -0.1) is 23.1 Å². The van der Waals surface area contributed by atoms with Crippen LogP contribution in [-0.4, -0.2) is 17.7 Å². The first-order chi connectivity index (χ1) is 21.3. The Bertz CT molecular complexity index is 1770. The van der Waals surface area contributed by atoms with Crippen LogP contribution >= 0.6 is 23.1 Å². The Balaban J connectivity index is 1.36. The highest BCUT2D eigenvalue weighted by molar-refractivity contribution is 8.00. The lowest BCUT2D eigenvalue weighted by Crippen LogP contribution is -2.30. The maximum Gasteiger partial charge on any atom is 0.272 e. The van der Waals surface area contributed by atoms with Crippen molar-refractivity contribution < 1.29 is 14.4 Å². The molecule has 1 unspecified atom stereocenters. The summed E-state index contributed by atoms with van der Waals surface area (Å²) in [6.45, 7) is 4.00. The van der Waals surface area contributed by atoms with Crippen LogP contribution in [0.25, 0.3) is 6.08 Å². The predicted octanol–water partition coefficient (Wildman–Crippen LogP) is 8.25. The average Bonchev–Trinajstić information content (AvgIpc) is 3.53. The molecule has 0 saturated heterocycles. The van der Waals surface area contributed by atoms with Crippen molar-refractivity contribution in [2.75, 3.05) is 10.6 Å². The van der Waals surface area contributed by atoms with Crippen molar-refractivity contribution in [1.29, 1.82) is 0 Å². The van der Waals surface area contributed by atoms with Crippen LogP contribution in [0.5, 0.6) is 0 Å². The molecule has 5 rings (SSSR count). The molecule has 1 aromatic heterocycles. The topological polar surface area (TPSA) is 87.3 Å². The summed E-state index contributed by atoms with van der Waals surface area (Å²) >= 11 is 2.85. The van der Waals surface area contributed by atoms with E-state index in [1.807, 2.05) is 98.1 Å². The number of amides is 3. The van der Waals surface area contributed by atoms with Crippen LogP contribution in [0.2, 0.25) is 0 Å². The van der Waals surface area contributed by atoms with Crippen molar-refractivity contribution in [3.8, 4) is 0 Å². The molecule has 6 nitrogen and oxygen atoms in total. The highest BCUT2D eigenvalue weighted by Crippen LogP contribution is 2.37. The number of aryl methyl sites for hydroxylation is 2. The van der Waals surface area contributed by atoms with Crippen LogP contribution in [-0.2, 0) is 9.59 Å². The lowest BCUT2D eigenvalue weighted by atomic mass is 10.1. The third-order valence-electron chi connectivity index (χ3n) is 6.53. The lowest BCUT2D eigenvalue weighted by Gasteiger charge is -2.18. The Labute approximate surface area is 265 Å². The molecule has 3 amide bonds. The number of thioether (sulfide) groups is 1. The fourth-order valence-electron chi connectivity index (χ4n) is 4.60. The smallest absolute Gasteiger partial charge is 0.272 e. The number of rotatable bonds is 10. The third kappa shape index (κ3) is 8.34. The standard InChI is InChI=1S/C36H31N3O3S2/c1-24-19-25(2)21-29(20-24)38-36(42)33(26-11-5-3-6-12-26)44-31-16-9-15-28(22-31)37-35(41)32(23-30-17-10-18-43-30)39-34(40)27-13-7-4-8-14-27/h3-23,33H,1-2H3,(H,37,41)(H,38,42)(H,39,40)/b32-23-. The molecule has 0 bridgehead atoms. The maximum absolute atomic E-state index is 13.6. The number of benzene rings is 4. The van der Waals surface area contributed by atoms with E-state index in [0.717, 1.165) is 32.2 Å². The lowest BCUT2D eigenvalue weighted by molar-refractivity contribution is -0.116. The minimum atomic E-state index is -0.539. The Morgan fingerprint density at radius 2 is 1.43 bits per heavy atom. The van der Waals surface area contributed by atoms with Gasteiger partial charge < -0.3 is 16.0 Å². The second kappa shape index (κ2) is 14.5. The molecule has 0 aliphatic rings. The monoisotopic (exact) mass is 617 g/mol. The van der Waals surface area contributed by atoms with Crippen molar-refractivity contribution in [3.63, 3.8) is 0 Å². The SMILES string of the molecule is Cc1cc(C)cc(NC(=O)C(Sc2cccc(NC(=O)/C(=C/c3cccs3)NC(=O)c3ccccc3)c2)c2ccccc2)c1. The molecule has 3 N–H and O–H groups in total. The normalized spacial score (nSPS) is 11.8. The first-order valence-corrected chi connectivity index (χ1v) is 15.7. The highest BCUT2D eigenvalue weighted by Gasteiger charge is 2.23. The van der Waals surface area contributed by atoms with Gasteiger partial charge in [0.25, 0.3) is 11.8 Å². The summed E-state index contributed by atoms with van der Waals surface area (Å²) in [7, 11) is 0. The Kier molecular flexibility index (Phi) is 10.1. The van der Waals surface area contributed by atoms with Gasteiger partial charge in [-0.05, 0) is 90.5 Å². The quantitative estimate of drug-likeness (QED) is 0.109. The number of thiophene rings is 1. The highest BCUT2D eigenvalue weighted by atomic mass is 32.2. The Morgan fingerprint density at radius 3 is 2.11 bits per heavy atom. The summed E-state index contributed by atoms with van der Waals surface area (Å²) in [5.41, 5.74) is 4.85. The minimum absolute atomic E-state index is 0.120. The summed E-state index contributed by atoms with van der Waals surface area (Å²) in [6.07, 6.45) is 1.65. The second-order valence-corrected chi connectivity index (χ2v) is 12.3. The fraction of sp³-hybridized carbons (Fsp3) is 0.0833. The van der Waals surface area contributed by atoms with Crippen LogP contribution in [0.15, 0.2) is 131 Å². The van der Waals surface area contributed by atoms with E-state index in [-0.39, 0.29) is 17.5 Å². The molecule has 0 radical (unpaired) electrons. The Hall–Kier alpha value is -4.92. The molecule has 0 saturated carbocycles. The molecule has 220 valence electrons. The largest absolute Gasteiger partial charge is 0.325 e. The van der Waals surface area contributed by atoms with Crippen LogP contribution in [0.3, 0.4) is 0 Å². The Morgan fingerprint density at radius 1 is 0.727 bits per heavy atom. The average molecular weight is 618 g/mol. The van der Waals surface area contributed by atoms with E-state index in [4.69, 9.17) is 0 Å². The molecule has 0 aliphatic carbocycles. The zero-order valence-electron chi connectivity index (χ0n) is 24.2. The molecule has 5 aromatic rings. The van der Waals surface area contributed by atoms with Crippen LogP contribution < -0.4 is 16.0 Å². The third-order valence-corrected chi connectivity index (χ3v) is 8.60. The van der Waals surface area contributed by atoms with E-state index < -0.39 is 11.2 Å². The van der Waals surface area contributed by atoms with Gasteiger partial charge in [0.1, 0.15) is 10.9 Å². The molecular weight excluding hydrogens is 587 g/mol. The van der Waals surface area contributed by atoms with Crippen LogP contribution in [0, 0.1) is 13.8 Å². The number of hydrogen-bond acceptors (Lipinski definition) is 5. The van der Waals surface area contributed by atoms with E-state index in [1.54, 1.807) is 36.4 Å². The molecule has 1 heterocycles. The number of carbonyl (C=O) groups is 3. The second-order valence-electron chi connectivity index (χ2n) is 10.1. The molecule has 44 heavy (non-hydrogen) atoms. The number of nitrogens with one attached hydrogen (secondary N) is 3. The first kappa shape index (κ1) is 30.5. The van der Waals surface area contributed by atoms with E-state index in [9.17, 15) is 14.4 Å². The summed E-state index contributed by atoms with van der Waals surface area (Å²) in [6, 6.07) is 35.4. The molecule has 0 fully saturated rings. The van der Waals surface area contributed by atoms with Crippen molar-refractivity contribution in [2.45, 2.75) is 24.0 Å². The number of carbonyl (C=O) groups excluding carboxylic acids is 3. The maximum atomic E-state index is 13.6. The van der Waals surface area contributed by atoms with Crippen molar-refractivity contribution >= 4 is 58.3 Å². The van der Waals surface area contributed by atoms with Gasteiger partial charge in [0, 0.05) is 26.7 Å². The van der Waals surface area contributed by atoms with Crippen LogP contribution in [0.4, 0.5) is 11.4 Å². The van der Waals surface area contributed by atoms with Gasteiger partial charge >= 0.3 is 0 Å². The van der Waals surface area contributed by atoms with Gasteiger partial charge in [0.05, 0.1) is 0 Å². The van der Waals surface area contributed by atoms with E-state index in [0.29, 0.717) is 11.3 Å². The van der Waals surface area contributed by atoms with Crippen molar-refractivity contribution in [1.82, 2.24) is 5.32 Å². The zero-order chi connectivity index (χ0) is 30.9. The van der Waals surface area contributed by atoms with E-state index >= 15 is 0 Å². The summed E-state index contributed by atoms with van der Waals surface area (Å²) in [5, 5.41) is 10.1. The summed E-state index contributed by atoms with van der Waals surface area (Å²) in [4.78, 5) is 41.6. The van der Waals surface area contributed by atoms with Gasteiger partial charge in [0.2, 0.25) is 5.91 Å². The van der Waals surface area contributed by atoms with Gasteiger partial charge in [-0.2, -0.15) is 0 Å². The summed E-state index contributed by atoms with van der Waals surface area (Å²) in [5.74, 6) is -0.990. The van der Waals surface area contributed by atoms with Gasteiger partial charge in [-0.1, -0.05) is 66.7 Å².